The number of rotatable bonds is 3. The maximum absolute atomic E-state index is 5.91. The number of aryl methyl sites for hydroxylation is 2. The smallest absolute Gasteiger partial charge is 0.00631 e. The number of likely N-dealkylation sites (tertiary alicyclic amines) is 1. The van der Waals surface area contributed by atoms with Crippen molar-refractivity contribution in [3.05, 3.63) is 34.9 Å². The second-order valence-corrected chi connectivity index (χ2v) is 5.35. The molecule has 0 radical (unpaired) electrons. The van der Waals surface area contributed by atoms with Crippen LogP contribution in [0.4, 0.5) is 0 Å². The van der Waals surface area contributed by atoms with Gasteiger partial charge in [-0.05, 0) is 62.9 Å². The Morgan fingerprint density at radius 2 is 1.88 bits per heavy atom. The number of hydrogen-bond acceptors (Lipinski definition) is 2. The van der Waals surface area contributed by atoms with Crippen molar-refractivity contribution in [2.75, 3.05) is 19.6 Å². The summed E-state index contributed by atoms with van der Waals surface area (Å²) in [6.07, 6.45) is 3.48. The minimum absolute atomic E-state index is 0.438. The molecule has 0 aliphatic carbocycles. The van der Waals surface area contributed by atoms with Gasteiger partial charge < -0.3 is 10.6 Å². The lowest BCUT2D eigenvalue weighted by atomic mass is 10.0. The maximum atomic E-state index is 5.91. The van der Waals surface area contributed by atoms with Gasteiger partial charge in [0, 0.05) is 12.6 Å². The molecule has 1 aromatic carbocycles. The average molecular weight is 232 g/mol. The first-order valence-corrected chi connectivity index (χ1v) is 6.69. The third kappa shape index (κ3) is 3.55. The molecular formula is C15H24N2. The SMILES string of the molecule is Cc1ccc(CCN2CCC(N)CC2)cc1C. The normalized spacial score (nSPS) is 18.5. The lowest BCUT2D eigenvalue weighted by Gasteiger charge is -2.30. The Labute approximate surface area is 105 Å². The summed E-state index contributed by atoms with van der Waals surface area (Å²) in [5, 5.41) is 0. The van der Waals surface area contributed by atoms with Crippen LogP contribution in [0.2, 0.25) is 0 Å². The molecule has 0 saturated carbocycles. The maximum Gasteiger partial charge on any atom is 0.00631 e. The molecule has 94 valence electrons. The Morgan fingerprint density at radius 1 is 1.18 bits per heavy atom. The zero-order chi connectivity index (χ0) is 12.3. The van der Waals surface area contributed by atoms with Crippen LogP contribution in [0, 0.1) is 13.8 Å². The average Bonchev–Trinajstić information content (AvgIpc) is 2.33. The van der Waals surface area contributed by atoms with E-state index in [2.05, 4.69) is 36.9 Å². The number of benzene rings is 1. The zero-order valence-electron chi connectivity index (χ0n) is 11.1. The fraction of sp³-hybridized carbons (Fsp3) is 0.600. The van der Waals surface area contributed by atoms with Gasteiger partial charge in [0.25, 0.3) is 0 Å². The van der Waals surface area contributed by atoms with Gasteiger partial charge in [0.2, 0.25) is 0 Å². The van der Waals surface area contributed by atoms with Crippen LogP contribution in [-0.4, -0.2) is 30.6 Å². The standard InChI is InChI=1S/C15H24N2/c1-12-3-4-14(11-13(12)2)5-8-17-9-6-15(16)7-10-17/h3-4,11,15H,5-10,16H2,1-2H3. The van der Waals surface area contributed by atoms with Crippen molar-refractivity contribution in [3.8, 4) is 0 Å². The van der Waals surface area contributed by atoms with Gasteiger partial charge in [-0.1, -0.05) is 18.2 Å². The summed E-state index contributed by atoms with van der Waals surface area (Å²) in [6.45, 7) is 7.89. The van der Waals surface area contributed by atoms with Crippen molar-refractivity contribution >= 4 is 0 Å². The molecule has 0 spiro atoms. The van der Waals surface area contributed by atoms with Gasteiger partial charge in [-0.3, -0.25) is 0 Å². The van der Waals surface area contributed by atoms with Crippen molar-refractivity contribution in [1.82, 2.24) is 4.90 Å². The third-order valence-corrected chi connectivity index (χ3v) is 3.92. The van der Waals surface area contributed by atoms with Crippen LogP contribution in [0.3, 0.4) is 0 Å². The Hall–Kier alpha value is -0.860. The molecule has 1 heterocycles. The molecule has 2 nitrogen and oxygen atoms in total. The largest absolute Gasteiger partial charge is 0.328 e. The van der Waals surface area contributed by atoms with Crippen molar-refractivity contribution in [3.63, 3.8) is 0 Å². The molecule has 2 N–H and O–H groups in total. The Kier molecular flexibility index (Phi) is 4.19. The molecule has 2 heteroatoms. The second-order valence-electron chi connectivity index (χ2n) is 5.35. The number of nitrogens with two attached hydrogens (primary N) is 1. The van der Waals surface area contributed by atoms with Gasteiger partial charge in [0.1, 0.15) is 0 Å². The Bertz CT molecular complexity index is 365. The molecule has 2 rings (SSSR count). The van der Waals surface area contributed by atoms with Crippen LogP contribution in [0.1, 0.15) is 29.5 Å². The molecule has 0 unspecified atom stereocenters. The van der Waals surface area contributed by atoms with E-state index in [1.54, 1.807) is 0 Å². The molecule has 1 saturated heterocycles. The summed E-state index contributed by atoms with van der Waals surface area (Å²) >= 11 is 0. The van der Waals surface area contributed by atoms with Crippen LogP contribution in [0.15, 0.2) is 18.2 Å². The van der Waals surface area contributed by atoms with Crippen molar-refractivity contribution < 1.29 is 0 Å². The van der Waals surface area contributed by atoms with Crippen molar-refractivity contribution in [1.29, 1.82) is 0 Å². The Balaban J connectivity index is 1.83. The van der Waals surface area contributed by atoms with Gasteiger partial charge in [0.15, 0.2) is 0 Å². The van der Waals surface area contributed by atoms with E-state index < -0.39 is 0 Å². The number of piperidine rings is 1. The molecule has 1 fully saturated rings. The van der Waals surface area contributed by atoms with E-state index in [1.165, 1.54) is 36.3 Å². The molecule has 0 atom stereocenters. The van der Waals surface area contributed by atoms with E-state index in [0.717, 1.165) is 19.3 Å². The monoisotopic (exact) mass is 232 g/mol. The lowest BCUT2D eigenvalue weighted by molar-refractivity contribution is 0.215. The first-order chi connectivity index (χ1) is 8.15. The van der Waals surface area contributed by atoms with Gasteiger partial charge >= 0.3 is 0 Å². The zero-order valence-corrected chi connectivity index (χ0v) is 11.1. The van der Waals surface area contributed by atoms with Crippen LogP contribution in [-0.2, 0) is 6.42 Å². The highest BCUT2D eigenvalue weighted by Gasteiger charge is 2.15. The number of hydrogen-bond donors (Lipinski definition) is 1. The topological polar surface area (TPSA) is 29.3 Å². The Morgan fingerprint density at radius 3 is 2.53 bits per heavy atom. The summed E-state index contributed by atoms with van der Waals surface area (Å²) in [7, 11) is 0. The minimum Gasteiger partial charge on any atom is -0.328 e. The summed E-state index contributed by atoms with van der Waals surface area (Å²) in [4.78, 5) is 2.54. The number of nitrogens with zero attached hydrogens (tertiary/aromatic N) is 1. The predicted octanol–water partition coefficient (Wildman–Crippen LogP) is 2.27. The van der Waals surface area contributed by atoms with Crippen LogP contribution in [0.5, 0.6) is 0 Å². The quantitative estimate of drug-likeness (QED) is 0.866. The van der Waals surface area contributed by atoms with Crippen LogP contribution < -0.4 is 5.73 Å². The fourth-order valence-corrected chi connectivity index (χ4v) is 2.42. The summed E-state index contributed by atoms with van der Waals surface area (Å²) in [6, 6.07) is 7.26. The van der Waals surface area contributed by atoms with E-state index in [0.29, 0.717) is 6.04 Å². The fourth-order valence-electron chi connectivity index (χ4n) is 2.42. The van der Waals surface area contributed by atoms with Crippen molar-refractivity contribution in [2.24, 2.45) is 5.73 Å². The van der Waals surface area contributed by atoms with E-state index in [4.69, 9.17) is 5.73 Å². The molecule has 0 amide bonds. The highest BCUT2D eigenvalue weighted by molar-refractivity contribution is 5.30. The molecular weight excluding hydrogens is 208 g/mol. The van der Waals surface area contributed by atoms with E-state index >= 15 is 0 Å². The third-order valence-electron chi connectivity index (χ3n) is 3.92. The van der Waals surface area contributed by atoms with Gasteiger partial charge in [-0.25, -0.2) is 0 Å². The predicted molar refractivity (Wildman–Crippen MR) is 73.3 cm³/mol. The second kappa shape index (κ2) is 5.65. The summed E-state index contributed by atoms with van der Waals surface area (Å²) in [5.41, 5.74) is 10.2. The summed E-state index contributed by atoms with van der Waals surface area (Å²) in [5.74, 6) is 0. The minimum atomic E-state index is 0.438. The highest BCUT2D eigenvalue weighted by Crippen LogP contribution is 2.13. The molecule has 0 aromatic heterocycles. The van der Waals surface area contributed by atoms with E-state index in [9.17, 15) is 0 Å². The lowest BCUT2D eigenvalue weighted by Crippen LogP contribution is -2.40. The van der Waals surface area contributed by atoms with Gasteiger partial charge in [0.05, 0.1) is 0 Å². The van der Waals surface area contributed by atoms with Crippen molar-refractivity contribution in [2.45, 2.75) is 39.2 Å². The first-order valence-electron chi connectivity index (χ1n) is 6.69. The molecule has 1 aliphatic heterocycles. The van der Waals surface area contributed by atoms with Gasteiger partial charge in [-0.2, -0.15) is 0 Å². The van der Waals surface area contributed by atoms with Crippen LogP contribution in [0.25, 0.3) is 0 Å². The van der Waals surface area contributed by atoms with Crippen LogP contribution >= 0.6 is 0 Å². The highest BCUT2D eigenvalue weighted by atomic mass is 15.1. The molecule has 1 aromatic rings. The van der Waals surface area contributed by atoms with Gasteiger partial charge in [-0.15, -0.1) is 0 Å². The first kappa shape index (κ1) is 12.6. The molecule has 0 bridgehead atoms. The summed E-state index contributed by atoms with van der Waals surface area (Å²) < 4.78 is 0. The molecule has 17 heavy (non-hydrogen) atoms. The molecule has 1 aliphatic rings. The van der Waals surface area contributed by atoms with E-state index in [-0.39, 0.29) is 0 Å². The van der Waals surface area contributed by atoms with E-state index in [1.807, 2.05) is 0 Å².